The molecule has 0 aliphatic rings. The number of likely N-dealkylation sites (N-methyl/N-ethyl adjacent to an activating group) is 1. The van der Waals surface area contributed by atoms with Crippen LogP contribution in [0.25, 0.3) is 0 Å². The quantitative estimate of drug-likeness (QED) is 0.843. The summed E-state index contributed by atoms with van der Waals surface area (Å²) in [6.45, 7) is 5.04. The highest BCUT2D eigenvalue weighted by Gasteiger charge is 2.15. The smallest absolute Gasteiger partial charge is 0.0465 e. The first-order valence-corrected chi connectivity index (χ1v) is 7.87. The molecular formula is C16H18BrClN2. The van der Waals surface area contributed by atoms with Crippen molar-refractivity contribution in [3.8, 4) is 0 Å². The fourth-order valence-corrected chi connectivity index (χ4v) is 2.96. The number of rotatable bonds is 5. The first kappa shape index (κ1) is 15.5. The van der Waals surface area contributed by atoms with Crippen LogP contribution in [0.1, 0.15) is 29.8 Å². The Hall–Kier alpha value is -0.900. The molecule has 0 spiro atoms. The van der Waals surface area contributed by atoms with Crippen LogP contribution in [-0.2, 0) is 6.42 Å². The SMILES string of the molecule is CCNC(Cc1ccc(C)cn1)c1ccc(Br)cc1Cl. The van der Waals surface area contributed by atoms with Crippen LogP contribution in [0.3, 0.4) is 0 Å². The van der Waals surface area contributed by atoms with Crippen LogP contribution < -0.4 is 5.32 Å². The summed E-state index contributed by atoms with van der Waals surface area (Å²) in [4.78, 5) is 4.48. The molecule has 0 aliphatic heterocycles. The van der Waals surface area contributed by atoms with E-state index in [4.69, 9.17) is 11.6 Å². The van der Waals surface area contributed by atoms with E-state index in [0.29, 0.717) is 0 Å². The first-order chi connectivity index (χ1) is 9.60. The topological polar surface area (TPSA) is 24.9 Å². The lowest BCUT2D eigenvalue weighted by molar-refractivity contribution is 0.544. The van der Waals surface area contributed by atoms with E-state index in [2.05, 4.69) is 51.4 Å². The van der Waals surface area contributed by atoms with Gasteiger partial charge in [-0.3, -0.25) is 4.98 Å². The van der Waals surface area contributed by atoms with Crippen molar-refractivity contribution in [2.24, 2.45) is 0 Å². The fourth-order valence-electron chi connectivity index (χ4n) is 2.15. The molecule has 20 heavy (non-hydrogen) atoms. The summed E-state index contributed by atoms with van der Waals surface area (Å²) < 4.78 is 0.995. The number of nitrogens with zero attached hydrogens (tertiary/aromatic N) is 1. The predicted octanol–water partition coefficient (Wildman–Crippen LogP) is 4.70. The van der Waals surface area contributed by atoms with Crippen LogP contribution in [-0.4, -0.2) is 11.5 Å². The molecule has 0 bridgehead atoms. The molecular weight excluding hydrogens is 336 g/mol. The molecule has 1 heterocycles. The Morgan fingerprint density at radius 1 is 1.30 bits per heavy atom. The number of aromatic nitrogens is 1. The molecule has 0 saturated carbocycles. The molecule has 0 amide bonds. The normalized spacial score (nSPS) is 12.4. The van der Waals surface area contributed by atoms with E-state index in [9.17, 15) is 0 Å². The fraction of sp³-hybridized carbons (Fsp3) is 0.312. The van der Waals surface area contributed by atoms with Crippen molar-refractivity contribution in [1.29, 1.82) is 0 Å². The number of halogens is 2. The van der Waals surface area contributed by atoms with E-state index in [0.717, 1.165) is 33.7 Å². The lowest BCUT2D eigenvalue weighted by atomic mass is 10.0. The summed E-state index contributed by atoms with van der Waals surface area (Å²) in [7, 11) is 0. The lowest BCUT2D eigenvalue weighted by Crippen LogP contribution is -2.23. The van der Waals surface area contributed by atoms with Crippen molar-refractivity contribution in [3.63, 3.8) is 0 Å². The molecule has 4 heteroatoms. The third-order valence-electron chi connectivity index (χ3n) is 3.17. The third kappa shape index (κ3) is 4.05. The molecule has 2 rings (SSSR count). The van der Waals surface area contributed by atoms with E-state index in [1.54, 1.807) is 0 Å². The van der Waals surface area contributed by atoms with Crippen LogP contribution in [0.4, 0.5) is 0 Å². The maximum atomic E-state index is 6.36. The number of hydrogen-bond acceptors (Lipinski definition) is 2. The Bertz CT molecular complexity index is 569. The van der Waals surface area contributed by atoms with Gasteiger partial charge in [0.2, 0.25) is 0 Å². The highest BCUT2D eigenvalue weighted by Crippen LogP contribution is 2.28. The van der Waals surface area contributed by atoms with Crippen LogP contribution >= 0.6 is 27.5 Å². The minimum atomic E-state index is 0.177. The van der Waals surface area contributed by atoms with E-state index in [1.165, 1.54) is 5.56 Å². The average Bonchev–Trinajstić information content (AvgIpc) is 2.41. The van der Waals surface area contributed by atoms with Crippen molar-refractivity contribution in [2.45, 2.75) is 26.3 Å². The van der Waals surface area contributed by atoms with E-state index in [-0.39, 0.29) is 6.04 Å². The van der Waals surface area contributed by atoms with Crippen molar-refractivity contribution < 1.29 is 0 Å². The number of nitrogens with one attached hydrogen (secondary N) is 1. The Labute approximate surface area is 133 Å². The molecule has 0 radical (unpaired) electrons. The zero-order chi connectivity index (χ0) is 14.5. The minimum Gasteiger partial charge on any atom is -0.310 e. The van der Waals surface area contributed by atoms with E-state index < -0.39 is 0 Å². The van der Waals surface area contributed by atoms with Gasteiger partial charge >= 0.3 is 0 Å². The molecule has 1 N–H and O–H groups in total. The Balaban J connectivity index is 2.24. The van der Waals surface area contributed by atoms with Crippen molar-refractivity contribution >= 4 is 27.5 Å². The van der Waals surface area contributed by atoms with Crippen molar-refractivity contribution in [1.82, 2.24) is 10.3 Å². The van der Waals surface area contributed by atoms with Gasteiger partial charge in [0, 0.05) is 33.8 Å². The third-order valence-corrected chi connectivity index (χ3v) is 3.99. The van der Waals surface area contributed by atoms with Gasteiger partial charge < -0.3 is 5.32 Å². The Morgan fingerprint density at radius 2 is 2.10 bits per heavy atom. The average molecular weight is 354 g/mol. The van der Waals surface area contributed by atoms with Crippen molar-refractivity contribution in [2.75, 3.05) is 6.54 Å². The van der Waals surface area contributed by atoms with E-state index >= 15 is 0 Å². The molecule has 1 unspecified atom stereocenters. The summed E-state index contributed by atoms with van der Waals surface area (Å²) in [6, 6.07) is 10.4. The maximum Gasteiger partial charge on any atom is 0.0465 e. The molecule has 0 aliphatic carbocycles. The van der Waals surface area contributed by atoms with Crippen LogP contribution in [0.15, 0.2) is 41.0 Å². The molecule has 0 fully saturated rings. The van der Waals surface area contributed by atoms with Gasteiger partial charge in [0.1, 0.15) is 0 Å². The molecule has 2 nitrogen and oxygen atoms in total. The van der Waals surface area contributed by atoms with Crippen LogP contribution in [0, 0.1) is 6.92 Å². The summed E-state index contributed by atoms with van der Waals surface area (Å²) in [5, 5.41) is 4.26. The second kappa shape index (κ2) is 7.21. The minimum absolute atomic E-state index is 0.177. The van der Waals surface area contributed by atoms with Crippen LogP contribution in [0.2, 0.25) is 5.02 Å². The largest absolute Gasteiger partial charge is 0.310 e. The summed E-state index contributed by atoms with van der Waals surface area (Å²) in [5.74, 6) is 0. The van der Waals surface area contributed by atoms with Gasteiger partial charge in [0.05, 0.1) is 0 Å². The Kier molecular flexibility index (Phi) is 5.58. The molecule has 2 aromatic rings. The van der Waals surface area contributed by atoms with Gasteiger partial charge in [-0.15, -0.1) is 0 Å². The summed E-state index contributed by atoms with van der Waals surface area (Å²) >= 11 is 9.80. The zero-order valence-electron chi connectivity index (χ0n) is 11.7. The highest BCUT2D eigenvalue weighted by atomic mass is 79.9. The molecule has 1 aromatic carbocycles. The molecule has 106 valence electrons. The summed E-state index contributed by atoms with van der Waals surface area (Å²) in [5.41, 5.74) is 3.36. The molecule has 1 atom stereocenters. The number of aryl methyl sites for hydroxylation is 1. The van der Waals surface area contributed by atoms with E-state index in [1.807, 2.05) is 25.3 Å². The summed E-state index contributed by atoms with van der Waals surface area (Å²) in [6.07, 6.45) is 2.73. The van der Waals surface area contributed by atoms with Gasteiger partial charge in [-0.2, -0.15) is 0 Å². The van der Waals surface area contributed by atoms with Crippen LogP contribution in [0.5, 0.6) is 0 Å². The standard InChI is InChI=1S/C16H18BrClN2/c1-3-19-16(9-13-6-4-11(2)10-20-13)14-7-5-12(17)8-15(14)18/h4-8,10,16,19H,3,9H2,1-2H3. The number of hydrogen-bond donors (Lipinski definition) is 1. The number of pyridine rings is 1. The molecule has 0 saturated heterocycles. The van der Waals surface area contributed by atoms with Gasteiger partial charge in [0.15, 0.2) is 0 Å². The highest BCUT2D eigenvalue weighted by molar-refractivity contribution is 9.10. The maximum absolute atomic E-state index is 6.36. The Morgan fingerprint density at radius 3 is 2.70 bits per heavy atom. The molecule has 1 aromatic heterocycles. The van der Waals surface area contributed by atoms with Gasteiger partial charge in [-0.05, 0) is 42.8 Å². The lowest BCUT2D eigenvalue weighted by Gasteiger charge is -2.19. The monoisotopic (exact) mass is 352 g/mol. The van der Waals surface area contributed by atoms with Crippen molar-refractivity contribution in [3.05, 3.63) is 62.8 Å². The predicted molar refractivity (Wildman–Crippen MR) is 88.2 cm³/mol. The van der Waals surface area contributed by atoms with Gasteiger partial charge in [-0.1, -0.05) is 46.6 Å². The second-order valence-electron chi connectivity index (χ2n) is 4.81. The second-order valence-corrected chi connectivity index (χ2v) is 6.13. The van der Waals surface area contributed by atoms with Gasteiger partial charge in [-0.25, -0.2) is 0 Å². The zero-order valence-corrected chi connectivity index (χ0v) is 14.0. The van der Waals surface area contributed by atoms with Gasteiger partial charge in [0.25, 0.3) is 0 Å². The number of benzene rings is 1. The first-order valence-electron chi connectivity index (χ1n) is 6.70.